The Kier molecular flexibility index (Phi) is 6.82. The van der Waals surface area contributed by atoms with Crippen LogP contribution in [0, 0.1) is 6.92 Å². The second-order valence-electron chi connectivity index (χ2n) is 7.23. The quantitative estimate of drug-likeness (QED) is 0.436. The molecule has 0 unspecified atom stereocenters. The van der Waals surface area contributed by atoms with Gasteiger partial charge in [-0.25, -0.2) is 9.79 Å². The predicted octanol–water partition coefficient (Wildman–Crippen LogP) is 5.82. The smallest absolute Gasteiger partial charge is 0.335 e. The van der Waals surface area contributed by atoms with Gasteiger partial charge in [-0.3, -0.25) is 4.79 Å². The van der Waals surface area contributed by atoms with Gasteiger partial charge < -0.3 is 15.2 Å². The highest BCUT2D eigenvalue weighted by molar-refractivity contribution is 8.18. The number of ether oxygens (including phenoxy) is 1. The summed E-state index contributed by atoms with van der Waals surface area (Å²) in [5, 5.41) is 12.9. The first-order valence-electron chi connectivity index (χ1n) is 9.99. The number of aliphatic imine (C=N–C) groups is 1. The van der Waals surface area contributed by atoms with Crippen LogP contribution >= 0.6 is 23.4 Å². The lowest BCUT2D eigenvalue weighted by Crippen LogP contribution is -2.19. The second-order valence-corrected chi connectivity index (χ2v) is 8.66. The average Bonchev–Trinajstić information content (AvgIpc) is 3.15. The van der Waals surface area contributed by atoms with E-state index >= 15 is 0 Å². The summed E-state index contributed by atoms with van der Waals surface area (Å²) in [6.45, 7) is 2.20. The lowest BCUT2D eigenvalue weighted by molar-refractivity contribution is -0.115. The number of carbonyl (C=O) groups is 2. The van der Waals surface area contributed by atoms with Gasteiger partial charge in [0, 0.05) is 5.02 Å². The summed E-state index contributed by atoms with van der Waals surface area (Å²) in [5.41, 5.74) is 3.52. The molecule has 0 radical (unpaired) electrons. The van der Waals surface area contributed by atoms with Gasteiger partial charge in [0.25, 0.3) is 5.91 Å². The van der Waals surface area contributed by atoms with E-state index in [-0.39, 0.29) is 11.5 Å². The minimum atomic E-state index is -0.959. The zero-order valence-corrected chi connectivity index (χ0v) is 19.1. The minimum absolute atomic E-state index is 0.205. The average molecular weight is 479 g/mol. The number of nitrogens with one attached hydrogen (secondary N) is 1. The fourth-order valence-corrected chi connectivity index (χ4v) is 4.03. The Labute approximate surface area is 200 Å². The molecule has 0 aromatic heterocycles. The predicted molar refractivity (Wildman–Crippen MR) is 131 cm³/mol. The first-order valence-corrected chi connectivity index (χ1v) is 11.2. The molecule has 1 amide bonds. The highest BCUT2D eigenvalue weighted by Crippen LogP contribution is 2.31. The molecule has 8 heteroatoms. The van der Waals surface area contributed by atoms with Gasteiger partial charge in [-0.2, -0.15) is 0 Å². The van der Waals surface area contributed by atoms with E-state index in [0.717, 1.165) is 16.7 Å². The van der Waals surface area contributed by atoms with Crippen molar-refractivity contribution < 1.29 is 19.4 Å². The summed E-state index contributed by atoms with van der Waals surface area (Å²) in [7, 11) is 0. The van der Waals surface area contributed by atoms with Crippen molar-refractivity contribution in [3.63, 3.8) is 0 Å². The van der Waals surface area contributed by atoms with Crippen molar-refractivity contribution in [1.82, 2.24) is 5.32 Å². The maximum atomic E-state index is 12.4. The number of amides is 1. The third kappa shape index (κ3) is 5.63. The second kappa shape index (κ2) is 9.94. The lowest BCUT2D eigenvalue weighted by Gasteiger charge is -2.07. The van der Waals surface area contributed by atoms with Gasteiger partial charge in [0.05, 0.1) is 16.2 Å². The summed E-state index contributed by atoms with van der Waals surface area (Å²) in [6.07, 6.45) is 1.79. The van der Waals surface area contributed by atoms with Crippen LogP contribution in [0.5, 0.6) is 5.75 Å². The van der Waals surface area contributed by atoms with E-state index < -0.39 is 5.97 Å². The van der Waals surface area contributed by atoms with Gasteiger partial charge in [-0.1, -0.05) is 41.9 Å². The molecule has 0 spiro atoms. The van der Waals surface area contributed by atoms with E-state index in [2.05, 4.69) is 10.3 Å². The molecule has 33 heavy (non-hydrogen) atoms. The molecule has 0 saturated carbocycles. The number of hydrogen-bond donors (Lipinski definition) is 2. The highest BCUT2D eigenvalue weighted by Gasteiger charge is 2.24. The molecular weight excluding hydrogens is 460 g/mol. The van der Waals surface area contributed by atoms with Gasteiger partial charge >= 0.3 is 5.97 Å². The molecular formula is C25H19ClN2O4S. The zero-order valence-electron chi connectivity index (χ0n) is 17.5. The molecule has 2 N–H and O–H groups in total. The molecule has 1 saturated heterocycles. The maximum absolute atomic E-state index is 12.4. The molecule has 166 valence electrons. The Morgan fingerprint density at radius 2 is 1.85 bits per heavy atom. The minimum Gasteiger partial charge on any atom is -0.489 e. The number of aromatic carboxylic acids is 1. The Morgan fingerprint density at radius 3 is 2.55 bits per heavy atom. The molecule has 3 aromatic rings. The van der Waals surface area contributed by atoms with Crippen LogP contribution in [-0.4, -0.2) is 22.2 Å². The van der Waals surface area contributed by atoms with Crippen molar-refractivity contribution >= 4 is 52.2 Å². The standard InChI is InChI=1S/C25H19ClN2O4S/c1-15-20(26)3-2-4-21(15)27-25-28-23(29)22(33-25)13-16-7-11-19(12-8-16)32-14-17-5-9-18(10-6-17)24(30)31/h2-13H,14H2,1H3,(H,30,31)(H,27,28,29)/b22-13+. The van der Waals surface area contributed by atoms with Crippen LogP contribution in [0.15, 0.2) is 76.6 Å². The van der Waals surface area contributed by atoms with Crippen molar-refractivity contribution in [2.45, 2.75) is 13.5 Å². The Morgan fingerprint density at radius 1 is 1.12 bits per heavy atom. The van der Waals surface area contributed by atoms with Crippen molar-refractivity contribution in [1.29, 1.82) is 0 Å². The van der Waals surface area contributed by atoms with E-state index in [0.29, 0.717) is 33.1 Å². The van der Waals surface area contributed by atoms with Crippen LogP contribution in [0.4, 0.5) is 5.69 Å². The van der Waals surface area contributed by atoms with Crippen molar-refractivity contribution in [2.75, 3.05) is 0 Å². The van der Waals surface area contributed by atoms with Gasteiger partial charge in [-0.15, -0.1) is 0 Å². The molecule has 1 aliphatic heterocycles. The monoisotopic (exact) mass is 478 g/mol. The molecule has 3 aromatic carbocycles. The van der Waals surface area contributed by atoms with E-state index in [1.807, 2.05) is 43.3 Å². The fraction of sp³-hybridized carbons (Fsp3) is 0.0800. The number of hydrogen-bond acceptors (Lipinski definition) is 5. The van der Waals surface area contributed by atoms with E-state index in [1.165, 1.54) is 11.8 Å². The summed E-state index contributed by atoms with van der Waals surface area (Å²) < 4.78 is 5.76. The number of rotatable bonds is 6. The summed E-state index contributed by atoms with van der Waals surface area (Å²) in [5.74, 6) is -0.496. The number of carboxylic acids is 1. The normalized spacial score (nSPS) is 15.6. The fourth-order valence-electron chi connectivity index (χ4n) is 3.03. The number of amidine groups is 1. The molecule has 1 fully saturated rings. The van der Waals surface area contributed by atoms with Crippen LogP contribution < -0.4 is 10.1 Å². The number of nitrogens with zero attached hydrogens (tertiary/aromatic N) is 1. The summed E-state index contributed by atoms with van der Waals surface area (Å²) in [6, 6.07) is 19.4. The number of carboxylic acid groups (broad SMARTS) is 1. The molecule has 0 atom stereocenters. The topological polar surface area (TPSA) is 88.0 Å². The maximum Gasteiger partial charge on any atom is 0.335 e. The molecule has 6 nitrogen and oxygen atoms in total. The first kappa shape index (κ1) is 22.6. The van der Waals surface area contributed by atoms with Crippen LogP contribution in [0.1, 0.15) is 27.0 Å². The Hall–Kier alpha value is -3.55. The van der Waals surface area contributed by atoms with Gasteiger partial charge in [-0.05, 0) is 77.9 Å². The third-order valence-corrected chi connectivity index (χ3v) is 6.22. The lowest BCUT2D eigenvalue weighted by atomic mass is 10.1. The largest absolute Gasteiger partial charge is 0.489 e. The number of carbonyl (C=O) groups excluding carboxylic acids is 1. The first-order chi connectivity index (χ1) is 15.9. The van der Waals surface area contributed by atoms with Crippen LogP contribution in [0.3, 0.4) is 0 Å². The van der Waals surface area contributed by atoms with Crippen LogP contribution in [0.25, 0.3) is 6.08 Å². The third-order valence-electron chi connectivity index (χ3n) is 4.90. The zero-order chi connectivity index (χ0) is 23.4. The van der Waals surface area contributed by atoms with E-state index in [1.54, 1.807) is 36.4 Å². The SMILES string of the molecule is Cc1c(Cl)cccc1N=C1NC(=O)/C(=C\c2ccc(OCc3ccc(C(=O)O)cc3)cc2)S1. The highest BCUT2D eigenvalue weighted by atomic mass is 35.5. The molecule has 0 bridgehead atoms. The Balaban J connectivity index is 1.40. The van der Waals surface area contributed by atoms with Crippen LogP contribution in [0.2, 0.25) is 5.02 Å². The Bertz CT molecular complexity index is 1270. The molecule has 1 heterocycles. The summed E-state index contributed by atoms with van der Waals surface area (Å²) in [4.78, 5) is 28.3. The van der Waals surface area contributed by atoms with Gasteiger partial charge in [0.15, 0.2) is 5.17 Å². The van der Waals surface area contributed by atoms with Crippen molar-refractivity contribution in [2.24, 2.45) is 4.99 Å². The van der Waals surface area contributed by atoms with Crippen molar-refractivity contribution in [3.05, 3.63) is 98.9 Å². The van der Waals surface area contributed by atoms with Gasteiger partial charge in [0.2, 0.25) is 0 Å². The van der Waals surface area contributed by atoms with Gasteiger partial charge in [0.1, 0.15) is 12.4 Å². The molecule has 1 aliphatic rings. The molecule has 0 aliphatic carbocycles. The summed E-state index contributed by atoms with van der Waals surface area (Å²) >= 11 is 7.42. The van der Waals surface area contributed by atoms with E-state index in [9.17, 15) is 9.59 Å². The van der Waals surface area contributed by atoms with Crippen molar-refractivity contribution in [3.8, 4) is 5.75 Å². The number of thioether (sulfide) groups is 1. The number of benzene rings is 3. The van der Waals surface area contributed by atoms with E-state index in [4.69, 9.17) is 21.4 Å². The molecule has 4 rings (SSSR count). The number of halogens is 1. The van der Waals surface area contributed by atoms with Crippen LogP contribution in [-0.2, 0) is 11.4 Å².